The van der Waals surface area contributed by atoms with E-state index in [1.807, 2.05) is 6.07 Å². The SMILES string of the molecule is COc1ccc(C(=O)N2CCC3(CC2)OC[C@@H](C(=O)NC[C@H]2CCCO2)N3C(=O)c2ccccc2)cc1. The summed E-state index contributed by atoms with van der Waals surface area (Å²) >= 11 is 0. The van der Waals surface area contributed by atoms with Crippen LogP contribution in [0.25, 0.3) is 0 Å². The van der Waals surface area contributed by atoms with E-state index in [-0.39, 0.29) is 30.4 Å². The van der Waals surface area contributed by atoms with E-state index >= 15 is 0 Å². The highest BCUT2D eigenvalue weighted by Gasteiger charge is 2.54. The second-order valence-corrected chi connectivity index (χ2v) is 9.72. The first-order valence-corrected chi connectivity index (χ1v) is 12.9. The molecule has 196 valence electrons. The molecular formula is C28H33N3O6. The van der Waals surface area contributed by atoms with Crippen molar-refractivity contribution >= 4 is 17.7 Å². The molecule has 3 fully saturated rings. The van der Waals surface area contributed by atoms with Gasteiger partial charge in [0.1, 0.15) is 17.5 Å². The lowest BCUT2D eigenvalue weighted by Crippen LogP contribution is -2.60. The molecule has 37 heavy (non-hydrogen) atoms. The molecule has 3 aliphatic rings. The second kappa shape index (κ2) is 10.9. The molecule has 1 N–H and O–H groups in total. The number of ether oxygens (including phenoxy) is 3. The number of amides is 3. The monoisotopic (exact) mass is 507 g/mol. The quantitative estimate of drug-likeness (QED) is 0.645. The lowest BCUT2D eigenvalue weighted by molar-refractivity contribution is -0.128. The number of nitrogens with one attached hydrogen (secondary N) is 1. The Balaban J connectivity index is 1.32. The van der Waals surface area contributed by atoms with E-state index in [0.717, 1.165) is 12.8 Å². The predicted octanol–water partition coefficient (Wildman–Crippen LogP) is 2.46. The molecule has 3 aliphatic heterocycles. The topological polar surface area (TPSA) is 97.4 Å². The van der Waals surface area contributed by atoms with Crippen LogP contribution in [-0.2, 0) is 14.3 Å². The Kier molecular flexibility index (Phi) is 7.43. The summed E-state index contributed by atoms with van der Waals surface area (Å²) in [6, 6.07) is 15.2. The van der Waals surface area contributed by atoms with Gasteiger partial charge in [0.2, 0.25) is 5.91 Å². The number of nitrogens with zero attached hydrogens (tertiary/aromatic N) is 2. The van der Waals surface area contributed by atoms with Gasteiger partial charge in [-0.05, 0) is 49.2 Å². The molecule has 9 heteroatoms. The molecule has 0 saturated carbocycles. The van der Waals surface area contributed by atoms with Gasteiger partial charge in [-0.25, -0.2) is 0 Å². The molecular weight excluding hydrogens is 474 g/mol. The van der Waals surface area contributed by atoms with Crippen molar-refractivity contribution in [1.29, 1.82) is 0 Å². The Morgan fingerprint density at radius 3 is 2.35 bits per heavy atom. The summed E-state index contributed by atoms with van der Waals surface area (Å²) in [5.41, 5.74) is 0.129. The number of piperidine rings is 1. The third kappa shape index (κ3) is 5.19. The molecule has 1 spiro atoms. The number of methoxy groups -OCH3 is 1. The predicted molar refractivity (Wildman–Crippen MR) is 135 cm³/mol. The highest BCUT2D eigenvalue weighted by atomic mass is 16.5. The molecule has 3 heterocycles. The van der Waals surface area contributed by atoms with E-state index < -0.39 is 11.8 Å². The maximum Gasteiger partial charge on any atom is 0.256 e. The van der Waals surface area contributed by atoms with E-state index in [2.05, 4.69) is 5.32 Å². The second-order valence-electron chi connectivity index (χ2n) is 9.72. The van der Waals surface area contributed by atoms with Gasteiger partial charge in [0, 0.05) is 50.2 Å². The summed E-state index contributed by atoms with van der Waals surface area (Å²) < 4.78 is 17.1. The molecule has 0 aromatic heterocycles. The third-order valence-corrected chi connectivity index (χ3v) is 7.50. The van der Waals surface area contributed by atoms with E-state index in [4.69, 9.17) is 14.2 Å². The van der Waals surface area contributed by atoms with Crippen molar-refractivity contribution < 1.29 is 28.6 Å². The smallest absolute Gasteiger partial charge is 0.256 e. The molecule has 2 atom stereocenters. The van der Waals surface area contributed by atoms with Crippen LogP contribution in [0, 0.1) is 0 Å². The molecule has 3 amide bonds. The molecule has 0 aliphatic carbocycles. The van der Waals surface area contributed by atoms with Crippen LogP contribution >= 0.6 is 0 Å². The molecule has 9 nitrogen and oxygen atoms in total. The molecule has 0 unspecified atom stereocenters. The van der Waals surface area contributed by atoms with Gasteiger partial charge in [-0.3, -0.25) is 19.3 Å². The van der Waals surface area contributed by atoms with Gasteiger partial charge in [0.15, 0.2) is 0 Å². The van der Waals surface area contributed by atoms with Crippen LogP contribution < -0.4 is 10.1 Å². The minimum Gasteiger partial charge on any atom is -0.497 e. The van der Waals surface area contributed by atoms with Gasteiger partial charge >= 0.3 is 0 Å². The number of hydrogen-bond acceptors (Lipinski definition) is 6. The average molecular weight is 508 g/mol. The first kappa shape index (κ1) is 25.2. The zero-order valence-electron chi connectivity index (χ0n) is 21.1. The van der Waals surface area contributed by atoms with Crippen molar-refractivity contribution in [2.75, 3.05) is 40.0 Å². The van der Waals surface area contributed by atoms with E-state index in [0.29, 0.717) is 56.0 Å². The van der Waals surface area contributed by atoms with Crippen LogP contribution in [0.4, 0.5) is 0 Å². The van der Waals surface area contributed by atoms with Gasteiger partial charge in [-0.2, -0.15) is 0 Å². The fourth-order valence-corrected chi connectivity index (χ4v) is 5.40. The van der Waals surface area contributed by atoms with Crippen molar-refractivity contribution in [2.24, 2.45) is 0 Å². The van der Waals surface area contributed by atoms with Gasteiger partial charge in [-0.15, -0.1) is 0 Å². The highest BCUT2D eigenvalue weighted by molar-refractivity contribution is 5.98. The van der Waals surface area contributed by atoms with E-state index in [1.54, 1.807) is 65.4 Å². The summed E-state index contributed by atoms with van der Waals surface area (Å²) in [7, 11) is 1.58. The number of likely N-dealkylation sites (tertiary alicyclic amines) is 1. The Morgan fingerprint density at radius 2 is 1.70 bits per heavy atom. The lowest BCUT2D eigenvalue weighted by Gasteiger charge is -2.44. The molecule has 3 saturated heterocycles. The molecule has 2 aromatic rings. The maximum atomic E-state index is 13.7. The third-order valence-electron chi connectivity index (χ3n) is 7.50. The van der Waals surface area contributed by atoms with Gasteiger partial charge in [0.05, 0.1) is 19.8 Å². The molecule has 0 radical (unpaired) electrons. The highest BCUT2D eigenvalue weighted by Crippen LogP contribution is 2.39. The molecule has 5 rings (SSSR count). The summed E-state index contributed by atoms with van der Waals surface area (Å²) in [4.78, 5) is 43.5. The fraction of sp³-hybridized carbons (Fsp3) is 0.464. The summed E-state index contributed by atoms with van der Waals surface area (Å²) in [5, 5.41) is 2.97. The molecule has 0 bridgehead atoms. The van der Waals surface area contributed by atoms with Crippen LogP contribution in [0.1, 0.15) is 46.4 Å². The van der Waals surface area contributed by atoms with Crippen molar-refractivity contribution in [3.63, 3.8) is 0 Å². The van der Waals surface area contributed by atoms with Crippen molar-refractivity contribution in [3.8, 4) is 5.75 Å². The Labute approximate surface area is 216 Å². The first-order chi connectivity index (χ1) is 18.0. The fourth-order valence-electron chi connectivity index (χ4n) is 5.40. The zero-order chi connectivity index (χ0) is 25.8. The van der Waals surface area contributed by atoms with E-state index in [9.17, 15) is 14.4 Å². The van der Waals surface area contributed by atoms with E-state index in [1.165, 1.54) is 0 Å². The minimum atomic E-state index is -0.949. The zero-order valence-corrected chi connectivity index (χ0v) is 21.1. The average Bonchev–Trinajstić information content (AvgIpc) is 3.60. The van der Waals surface area contributed by atoms with Crippen molar-refractivity contribution in [3.05, 3.63) is 65.7 Å². The Bertz CT molecular complexity index is 1110. The summed E-state index contributed by atoms with van der Waals surface area (Å²) in [6.45, 7) is 2.06. The van der Waals surface area contributed by atoms with Gasteiger partial charge < -0.3 is 24.4 Å². The maximum absolute atomic E-state index is 13.7. The number of carbonyl (C=O) groups excluding carboxylic acids is 3. The van der Waals surface area contributed by atoms with Gasteiger partial charge in [0.25, 0.3) is 11.8 Å². The van der Waals surface area contributed by atoms with Crippen LogP contribution in [0.5, 0.6) is 5.75 Å². The normalized spacial score (nSPS) is 22.7. The summed E-state index contributed by atoms with van der Waals surface area (Å²) in [6.07, 6.45) is 2.74. The standard InChI is InChI=1S/C28H33N3O6/c1-35-22-11-9-21(10-12-22)26(33)30-15-13-28(14-16-30)31(27(34)20-6-3-2-4-7-20)24(19-37-28)25(32)29-18-23-8-5-17-36-23/h2-4,6-7,9-12,23-24H,5,8,13-19H2,1H3,(H,29,32)/t23-,24+/m1/s1. The number of benzene rings is 2. The van der Waals surface area contributed by atoms with Crippen LogP contribution in [0.2, 0.25) is 0 Å². The minimum absolute atomic E-state index is 0.00529. The summed E-state index contributed by atoms with van der Waals surface area (Å²) in [5.74, 6) is 0.119. The first-order valence-electron chi connectivity index (χ1n) is 12.9. The van der Waals surface area contributed by atoms with Crippen LogP contribution in [0.3, 0.4) is 0 Å². The Morgan fingerprint density at radius 1 is 1.00 bits per heavy atom. The van der Waals surface area contributed by atoms with Crippen molar-refractivity contribution in [1.82, 2.24) is 15.1 Å². The lowest BCUT2D eigenvalue weighted by atomic mass is 9.96. The largest absolute Gasteiger partial charge is 0.497 e. The van der Waals surface area contributed by atoms with Gasteiger partial charge in [-0.1, -0.05) is 18.2 Å². The number of carbonyl (C=O) groups is 3. The van der Waals surface area contributed by atoms with Crippen LogP contribution in [0.15, 0.2) is 54.6 Å². The van der Waals surface area contributed by atoms with Crippen LogP contribution in [-0.4, -0.2) is 85.3 Å². The molecule has 2 aromatic carbocycles. The number of rotatable bonds is 6. The van der Waals surface area contributed by atoms with Crippen molar-refractivity contribution in [2.45, 2.75) is 43.6 Å². The number of hydrogen-bond donors (Lipinski definition) is 1. The Hall–Kier alpha value is -3.43.